The molecule has 5 rings (SSSR count). The second-order valence-corrected chi connectivity index (χ2v) is 9.00. The zero-order valence-electron chi connectivity index (χ0n) is 16.3. The molecule has 0 spiro atoms. The maximum Gasteiger partial charge on any atom is 0.257 e. The molecule has 1 aliphatic heterocycles. The number of fused-ring (bicyclic) bond motifs is 1. The van der Waals surface area contributed by atoms with Crippen molar-refractivity contribution >= 4 is 45.8 Å². The van der Waals surface area contributed by atoms with Crippen LogP contribution in [0.15, 0.2) is 80.8 Å². The van der Waals surface area contributed by atoms with Crippen molar-refractivity contribution in [2.24, 2.45) is 5.10 Å². The molecule has 0 unspecified atom stereocenters. The summed E-state index contributed by atoms with van der Waals surface area (Å²) in [5, 5.41) is 8.88. The van der Waals surface area contributed by atoms with Gasteiger partial charge in [0.2, 0.25) is 0 Å². The molecule has 0 bridgehead atoms. The van der Waals surface area contributed by atoms with Gasteiger partial charge in [-0.05, 0) is 36.1 Å². The van der Waals surface area contributed by atoms with E-state index < -0.39 is 0 Å². The lowest BCUT2D eigenvalue weighted by Gasteiger charge is -2.21. The van der Waals surface area contributed by atoms with Crippen LogP contribution in [-0.2, 0) is 4.79 Å². The number of aryl methyl sites for hydroxylation is 1. The lowest BCUT2D eigenvalue weighted by Crippen LogP contribution is -2.28. The van der Waals surface area contributed by atoms with E-state index in [1.165, 1.54) is 17.3 Å². The second kappa shape index (κ2) is 8.08. The van der Waals surface area contributed by atoms with E-state index in [1.54, 1.807) is 16.3 Å². The monoisotopic (exact) mass is 433 g/mol. The third kappa shape index (κ3) is 3.78. The smallest absolute Gasteiger partial charge is 0.257 e. The SMILES string of the molecule is Cc1ccc([C@@H]2CC(c3cccs3)=NN2C(=O)CSc2nc3ccccc3o2)cc1. The number of carbonyl (C=O) groups is 1. The van der Waals surface area contributed by atoms with Crippen LogP contribution in [0.5, 0.6) is 0 Å². The molecule has 0 aliphatic carbocycles. The van der Waals surface area contributed by atoms with Crippen LogP contribution in [0.4, 0.5) is 0 Å². The number of aromatic nitrogens is 1. The Balaban J connectivity index is 1.37. The molecular formula is C23H19N3O2S2. The fraction of sp³-hybridized carbons (Fsp3) is 0.174. The van der Waals surface area contributed by atoms with Crippen LogP contribution in [0.1, 0.15) is 28.5 Å². The topological polar surface area (TPSA) is 58.7 Å². The van der Waals surface area contributed by atoms with Crippen molar-refractivity contribution in [1.29, 1.82) is 0 Å². The van der Waals surface area contributed by atoms with Gasteiger partial charge in [0.1, 0.15) is 5.52 Å². The highest BCUT2D eigenvalue weighted by atomic mass is 32.2. The molecule has 0 saturated carbocycles. The quantitative estimate of drug-likeness (QED) is 0.381. The zero-order valence-corrected chi connectivity index (χ0v) is 18.0. The van der Waals surface area contributed by atoms with Crippen LogP contribution in [0, 0.1) is 6.92 Å². The summed E-state index contributed by atoms with van der Waals surface area (Å²) in [5.74, 6) is 0.163. The van der Waals surface area contributed by atoms with Gasteiger partial charge in [-0.1, -0.05) is 59.8 Å². The Morgan fingerprint density at radius 3 is 2.77 bits per heavy atom. The number of oxazole rings is 1. The van der Waals surface area contributed by atoms with Crippen molar-refractivity contribution in [1.82, 2.24) is 9.99 Å². The predicted octanol–water partition coefficient (Wildman–Crippen LogP) is 5.67. The zero-order chi connectivity index (χ0) is 20.5. The van der Waals surface area contributed by atoms with Gasteiger partial charge in [-0.25, -0.2) is 9.99 Å². The Bertz CT molecular complexity index is 1180. The third-order valence-corrected chi connectivity index (χ3v) is 6.76. The molecule has 3 heterocycles. The van der Waals surface area contributed by atoms with Crippen molar-refractivity contribution < 1.29 is 9.21 Å². The predicted molar refractivity (Wildman–Crippen MR) is 121 cm³/mol. The first-order valence-electron chi connectivity index (χ1n) is 9.66. The average molecular weight is 434 g/mol. The van der Waals surface area contributed by atoms with E-state index in [0.29, 0.717) is 11.6 Å². The number of benzene rings is 2. The molecule has 150 valence electrons. The first kappa shape index (κ1) is 19.1. The van der Waals surface area contributed by atoms with Gasteiger partial charge in [0.25, 0.3) is 11.1 Å². The molecule has 5 nitrogen and oxygen atoms in total. The molecule has 2 aromatic carbocycles. The van der Waals surface area contributed by atoms with Crippen molar-refractivity contribution in [3.63, 3.8) is 0 Å². The fourth-order valence-electron chi connectivity index (χ4n) is 3.48. The van der Waals surface area contributed by atoms with Gasteiger partial charge in [-0.2, -0.15) is 5.10 Å². The van der Waals surface area contributed by atoms with Crippen molar-refractivity contribution in [2.75, 3.05) is 5.75 Å². The van der Waals surface area contributed by atoms with E-state index in [1.807, 2.05) is 35.7 Å². The number of rotatable bonds is 5. The molecule has 0 N–H and O–H groups in total. The summed E-state index contributed by atoms with van der Waals surface area (Å²) in [6.45, 7) is 2.06. The van der Waals surface area contributed by atoms with Gasteiger partial charge in [0.05, 0.1) is 22.4 Å². The number of amides is 1. The molecule has 4 aromatic rings. The molecule has 0 fully saturated rings. The number of hydrazone groups is 1. The Kier molecular flexibility index (Phi) is 5.14. The highest BCUT2D eigenvalue weighted by Crippen LogP contribution is 2.35. The molecule has 0 saturated heterocycles. The minimum atomic E-state index is -0.0977. The highest BCUT2D eigenvalue weighted by molar-refractivity contribution is 7.99. The molecular weight excluding hydrogens is 414 g/mol. The minimum Gasteiger partial charge on any atom is -0.431 e. The molecule has 30 heavy (non-hydrogen) atoms. The summed E-state index contributed by atoms with van der Waals surface area (Å²) in [5.41, 5.74) is 4.76. The van der Waals surface area contributed by atoms with Gasteiger partial charge in [-0.15, -0.1) is 11.3 Å². The number of carbonyl (C=O) groups excluding carboxylic acids is 1. The van der Waals surface area contributed by atoms with E-state index in [2.05, 4.69) is 42.2 Å². The Hall–Kier alpha value is -2.90. The Morgan fingerprint density at radius 2 is 2.00 bits per heavy atom. The summed E-state index contributed by atoms with van der Waals surface area (Å²) < 4.78 is 5.73. The molecule has 7 heteroatoms. The lowest BCUT2D eigenvalue weighted by molar-refractivity contribution is -0.130. The Morgan fingerprint density at radius 1 is 1.17 bits per heavy atom. The number of nitrogens with zero attached hydrogens (tertiary/aromatic N) is 3. The number of hydrogen-bond acceptors (Lipinski definition) is 6. The van der Waals surface area contributed by atoms with Crippen LogP contribution in [-0.4, -0.2) is 27.4 Å². The van der Waals surface area contributed by atoms with E-state index in [4.69, 9.17) is 9.52 Å². The van der Waals surface area contributed by atoms with E-state index >= 15 is 0 Å². The third-order valence-electron chi connectivity index (χ3n) is 5.03. The van der Waals surface area contributed by atoms with Crippen molar-refractivity contribution in [3.05, 3.63) is 82.0 Å². The first-order valence-corrected chi connectivity index (χ1v) is 11.5. The first-order chi connectivity index (χ1) is 14.7. The average Bonchev–Trinajstić information content (AvgIpc) is 3.51. The summed E-state index contributed by atoms with van der Waals surface area (Å²) >= 11 is 2.95. The molecule has 1 aliphatic rings. The van der Waals surface area contributed by atoms with Gasteiger partial charge < -0.3 is 4.42 Å². The van der Waals surface area contributed by atoms with Gasteiger partial charge in [-0.3, -0.25) is 4.79 Å². The standard InChI is InChI=1S/C23H19N3O2S2/c1-15-8-10-16(11-9-15)19-13-18(21-7-4-12-29-21)25-26(19)22(27)14-30-23-24-17-5-2-3-6-20(17)28-23/h2-12,19H,13-14H2,1H3/t19-/m0/s1. The van der Waals surface area contributed by atoms with Crippen LogP contribution in [0.3, 0.4) is 0 Å². The van der Waals surface area contributed by atoms with Crippen molar-refractivity contribution in [2.45, 2.75) is 24.6 Å². The van der Waals surface area contributed by atoms with Crippen molar-refractivity contribution in [3.8, 4) is 0 Å². The van der Waals surface area contributed by atoms with Gasteiger partial charge >= 0.3 is 0 Å². The lowest BCUT2D eigenvalue weighted by atomic mass is 10.00. The van der Waals surface area contributed by atoms with E-state index in [-0.39, 0.29) is 17.7 Å². The molecule has 1 amide bonds. The maximum absolute atomic E-state index is 13.1. The van der Waals surface area contributed by atoms with Crippen LogP contribution in [0.25, 0.3) is 11.1 Å². The maximum atomic E-state index is 13.1. The highest BCUT2D eigenvalue weighted by Gasteiger charge is 2.33. The van der Waals surface area contributed by atoms with Crippen LogP contribution < -0.4 is 0 Å². The van der Waals surface area contributed by atoms with E-state index in [0.717, 1.165) is 27.3 Å². The summed E-state index contributed by atoms with van der Waals surface area (Å²) in [6, 6.07) is 19.9. The van der Waals surface area contributed by atoms with Gasteiger partial charge in [0, 0.05) is 6.42 Å². The van der Waals surface area contributed by atoms with Crippen LogP contribution >= 0.6 is 23.1 Å². The molecule has 1 atom stereocenters. The summed E-state index contributed by atoms with van der Waals surface area (Å²) in [4.78, 5) is 18.7. The van der Waals surface area contributed by atoms with Gasteiger partial charge in [0.15, 0.2) is 5.58 Å². The number of thioether (sulfide) groups is 1. The van der Waals surface area contributed by atoms with Crippen LogP contribution in [0.2, 0.25) is 0 Å². The second-order valence-electron chi connectivity index (χ2n) is 7.13. The normalized spacial score (nSPS) is 16.2. The largest absolute Gasteiger partial charge is 0.431 e. The molecule has 2 aromatic heterocycles. The summed E-state index contributed by atoms with van der Waals surface area (Å²) in [6.07, 6.45) is 0.711. The molecule has 0 radical (unpaired) electrons. The number of para-hydroxylation sites is 2. The van der Waals surface area contributed by atoms with E-state index in [9.17, 15) is 4.79 Å². The number of hydrogen-bond donors (Lipinski definition) is 0. The Labute approximate surface area is 182 Å². The minimum absolute atomic E-state index is 0.0561. The fourth-order valence-corrected chi connectivity index (χ4v) is 4.89. The number of thiophene rings is 1. The summed E-state index contributed by atoms with van der Waals surface area (Å²) in [7, 11) is 0.